The van der Waals surface area contributed by atoms with Crippen LogP contribution in [-0.4, -0.2) is 65.9 Å². The van der Waals surface area contributed by atoms with Crippen molar-refractivity contribution >= 4 is 5.91 Å². The molecule has 0 aromatic heterocycles. The molecule has 3 aromatic rings. The number of carbonyl (C=O) groups is 1. The minimum Gasteiger partial charge on any atom is -0.454 e. The Bertz CT molecular complexity index is 1260. The highest BCUT2D eigenvalue weighted by Crippen LogP contribution is 2.42. The SMILES string of the molecule is Cc1cccc(-c2ccc([C@@H]3[C@@H](CO)N4CCCCN(C(=O)c5ccc6c(c5)OCO6)C[C@@H]34)cc2)c1. The van der Waals surface area contributed by atoms with Crippen molar-refractivity contribution in [2.45, 2.75) is 37.8 Å². The molecule has 0 bridgehead atoms. The number of hydrogen-bond donors (Lipinski definition) is 1. The number of fused-ring (bicyclic) bond motifs is 2. The van der Waals surface area contributed by atoms with Gasteiger partial charge in [-0.3, -0.25) is 9.69 Å². The van der Waals surface area contributed by atoms with E-state index < -0.39 is 0 Å². The molecule has 1 amide bonds. The minimum atomic E-state index is 0.0242. The summed E-state index contributed by atoms with van der Waals surface area (Å²) in [6.45, 7) is 4.77. The van der Waals surface area contributed by atoms with Crippen LogP contribution in [0.3, 0.4) is 0 Å². The van der Waals surface area contributed by atoms with Crippen molar-refractivity contribution in [1.29, 1.82) is 0 Å². The van der Waals surface area contributed by atoms with Gasteiger partial charge < -0.3 is 19.5 Å². The standard InChI is InChI=1S/C30H32N2O4/c1-20-5-4-6-23(15-20)21-7-9-22(10-8-21)29-25-17-31(13-2-3-14-32(25)26(29)18-33)30(34)24-11-12-27-28(16-24)36-19-35-27/h4-12,15-16,25-26,29,33H,2-3,13-14,17-19H2,1H3/t25-,26+,29-/m0/s1. The van der Waals surface area contributed by atoms with Crippen molar-refractivity contribution in [3.05, 3.63) is 83.4 Å². The van der Waals surface area contributed by atoms with Gasteiger partial charge in [0.25, 0.3) is 5.91 Å². The lowest BCUT2D eigenvalue weighted by molar-refractivity contribution is -0.0606. The maximum atomic E-state index is 13.5. The number of rotatable bonds is 4. The number of benzene rings is 3. The first kappa shape index (κ1) is 23.1. The van der Waals surface area contributed by atoms with E-state index in [4.69, 9.17) is 9.47 Å². The second-order valence-corrected chi connectivity index (χ2v) is 10.1. The fourth-order valence-electron chi connectivity index (χ4n) is 6.06. The Morgan fingerprint density at radius 1 is 0.944 bits per heavy atom. The van der Waals surface area contributed by atoms with E-state index in [0.717, 1.165) is 25.9 Å². The molecule has 3 aliphatic heterocycles. The molecule has 0 saturated carbocycles. The number of ether oxygens (including phenoxy) is 2. The maximum Gasteiger partial charge on any atom is 0.254 e. The molecule has 186 valence electrons. The normalized spacial score (nSPS) is 23.4. The van der Waals surface area contributed by atoms with Gasteiger partial charge in [-0.25, -0.2) is 0 Å². The summed E-state index contributed by atoms with van der Waals surface area (Å²) in [5.41, 5.74) is 5.50. The molecule has 0 spiro atoms. The zero-order chi connectivity index (χ0) is 24.6. The van der Waals surface area contributed by atoms with Gasteiger partial charge in [-0.15, -0.1) is 0 Å². The highest BCUT2D eigenvalue weighted by Gasteiger charge is 2.49. The maximum absolute atomic E-state index is 13.5. The Kier molecular flexibility index (Phi) is 6.15. The van der Waals surface area contributed by atoms with Gasteiger partial charge in [0.2, 0.25) is 6.79 Å². The van der Waals surface area contributed by atoms with Crippen LogP contribution in [0.1, 0.15) is 40.2 Å². The number of aliphatic hydroxyl groups is 1. The van der Waals surface area contributed by atoms with Crippen molar-refractivity contribution in [2.24, 2.45) is 0 Å². The highest BCUT2D eigenvalue weighted by molar-refractivity contribution is 5.95. The van der Waals surface area contributed by atoms with Crippen molar-refractivity contribution < 1.29 is 19.4 Å². The van der Waals surface area contributed by atoms with Gasteiger partial charge in [0.15, 0.2) is 11.5 Å². The predicted octanol–water partition coefficient (Wildman–Crippen LogP) is 4.46. The third-order valence-electron chi connectivity index (χ3n) is 7.92. The third-order valence-corrected chi connectivity index (χ3v) is 7.92. The lowest BCUT2D eigenvalue weighted by Gasteiger charge is -2.57. The minimum absolute atomic E-state index is 0.0242. The van der Waals surface area contributed by atoms with Gasteiger partial charge >= 0.3 is 0 Å². The van der Waals surface area contributed by atoms with E-state index in [2.05, 4.69) is 60.4 Å². The number of aliphatic hydroxyl groups excluding tert-OH is 1. The Morgan fingerprint density at radius 2 is 1.75 bits per heavy atom. The third kappa shape index (κ3) is 4.14. The van der Waals surface area contributed by atoms with E-state index in [9.17, 15) is 9.90 Å². The van der Waals surface area contributed by atoms with Crippen LogP contribution < -0.4 is 9.47 Å². The number of carbonyl (C=O) groups excluding carboxylic acids is 1. The molecule has 3 aliphatic rings. The van der Waals surface area contributed by atoms with Crippen LogP contribution in [0.2, 0.25) is 0 Å². The number of aryl methyl sites for hydroxylation is 1. The zero-order valence-electron chi connectivity index (χ0n) is 20.6. The largest absolute Gasteiger partial charge is 0.454 e. The number of hydrogen-bond acceptors (Lipinski definition) is 5. The summed E-state index contributed by atoms with van der Waals surface area (Å²) in [5, 5.41) is 10.3. The molecule has 36 heavy (non-hydrogen) atoms. The molecule has 6 nitrogen and oxygen atoms in total. The molecular weight excluding hydrogens is 452 g/mol. The topological polar surface area (TPSA) is 62.2 Å². The average Bonchev–Trinajstić information content (AvgIpc) is 3.36. The van der Waals surface area contributed by atoms with E-state index in [1.165, 1.54) is 22.3 Å². The Balaban J connectivity index is 1.24. The Morgan fingerprint density at radius 3 is 2.56 bits per heavy atom. The summed E-state index contributed by atoms with van der Waals surface area (Å²) in [7, 11) is 0. The van der Waals surface area contributed by atoms with Gasteiger partial charge in [0, 0.05) is 36.7 Å². The summed E-state index contributed by atoms with van der Waals surface area (Å²) in [5.74, 6) is 1.53. The molecule has 2 fully saturated rings. The molecule has 0 aliphatic carbocycles. The van der Waals surface area contributed by atoms with E-state index in [-0.39, 0.29) is 37.3 Å². The van der Waals surface area contributed by atoms with Crippen molar-refractivity contribution in [2.75, 3.05) is 33.0 Å². The van der Waals surface area contributed by atoms with Crippen molar-refractivity contribution in [3.63, 3.8) is 0 Å². The Labute approximate surface area is 212 Å². The molecule has 0 unspecified atom stereocenters. The van der Waals surface area contributed by atoms with Crippen LogP contribution in [0.5, 0.6) is 11.5 Å². The van der Waals surface area contributed by atoms with E-state index in [1.807, 2.05) is 17.0 Å². The molecule has 6 rings (SSSR count). The van der Waals surface area contributed by atoms with Crippen LogP contribution in [0, 0.1) is 6.92 Å². The number of amides is 1. The van der Waals surface area contributed by atoms with E-state index in [1.54, 1.807) is 6.07 Å². The first-order valence-electron chi connectivity index (χ1n) is 12.8. The van der Waals surface area contributed by atoms with Crippen molar-refractivity contribution in [1.82, 2.24) is 9.80 Å². The predicted molar refractivity (Wildman–Crippen MR) is 138 cm³/mol. The van der Waals surface area contributed by atoms with Crippen LogP contribution in [0.25, 0.3) is 11.1 Å². The zero-order valence-corrected chi connectivity index (χ0v) is 20.6. The second kappa shape index (κ2) is 9.60. The highest BCUT2D eigenvalue weighted by atomic mass is 16.7. The first-order valence-corrected chi connectivity index (χ1v) is 12.8. The van der Waals surface area contributed by atoms with Gasteiger partial charge in [-0.05, 0) is 61.2 Å². The molecule has 3 atom stereocenters. The lowest BCUT2D eigenvalue weighted by atomic mass is 9.74. The summed E-state index contributed by atoms with van der Waals surface area (Å²) in [6, 6.07) is 23.0. The second-order valence-electron chi connectivity index (χ2n) is 10.1. The van der Waals surface area contributed by atoms with E-state index in [0.29, 0.717) is 23.6 Å². The van der Waals surface area contributed by atoms with Crippen molar-refractivity contribution in [3.8, 4) is 22.6 Å². The molecule has 3 aromatic carbocycles. The van der Waals surface area contributed by atoms with Gasteiger partial charge in [-0.1, -0.05) is 54.1 Å². The molecule has 3 heterocycles. The van der Waals surface area contributed by atoms with Crippen LogP contribution in [0.4, 0.5) is 0 Å². The summed E-state index contributed by atoms with van der Waals surface area (Å²) in [4.78, 5) is 17.9. The Hall–Kier alpha value is -3.35. The fraction of sp³-hybridized carbons (Fsp3) is 0.367. The molecule has 0 radical (unpaired) electrons. The summed E-state index contributed by atoms with van der Waals surface area (Å²) in [6.07, 6.45) is 1.96. The smallest absolute Gasteiger partial charge is 0.254 e. The molecule has 6 heteroatoms. The van der Waals surface area contributed by atoms with Gasteiger partial charge in [0.1, 0.15) is 0 Å². The van der Waals surface area contributed by atoms with Gasteiger partial charge in [0.05, 0.1) is 6.61 Å². The quantitative estimate of drug-likeness (QED) is 0.593. The summed E-state index contributed by atoms with van der Waals surface area (Å²) < 4.78 is 10.9. The van der Waals surface area contributed by atoms with Crippen LogP contribution >= 0.6 is 0 Å². The summed E-state index contributed by atoms with van der Waals surface area (Å²) >= 11 is 0. The molecular formula is C30H32N2O4. The molecule has 1 N–H and O–H groups in total. The van der Waals surface area contributed by atoms with Gasteiger partial charge in [-0.2, -0.15) is 0 Å². The fourth-order valence-corrected chi connectivity index (χ4v) is 6.06. The van der Waals surface area contributed by atoms with Crippen LogP contribution in [0.15, 0.2) is 66.7 Å². The number of nitrogens with zero attached hydrogens (tertiary/aromatic N) is 2. The molecule has 2 saturated heterocycles. The monoisotopic (exact) mass is 484 g/mol. The average molecular weight is 485 g/mol. The van der Waals surface area contributed by atoms with E-state index >= 15 is 0 Å². The first-order chi connectivity index (χ1) is 17.6. The van der Waals surface area contributed by atoms with Crippen LogP contribution in [-0.2, 0) is 0 Å². The lowest BCUT2D eigenvalue weighted by Crippen LogP contribution is -2.67.